The lowest BCUT2D eigenvalue weighted by Crippen LogP contribution is -2.37. The molecule has 3 rings (SSSR count). The monoisotopic (exact) mass is 406 g/mol. The van der Waals surface area contributed by atoms with Crippen molar-refractivity contribution < 1.29 is 4.79 Å². The molecule has 2 aromatic rings. The van der Waals surface area contributed by atoms with Crippen molar-refractivity contribution in [2.24, 2.45) is 5.92 Å². The molecule has 126 valence electrons. The maximum absolute atomic E-state index is 12.4. The number of rotatable bonds is 4. The Morgan fingerprint density at radius 3 is 2.46 bits per heavy atom. The van der Waals surface area contributed by atoms with Gasteiger partial charge in [-0.25, -0.2) is 0 Å². The summed E-state index contributed by atoms with van der Waals surface area (Å²) in [5.74, 6) is 0.200. The lowest BCUT2D eigenvalue weighted by atomic mass is 9.95. The number of hydrogen-bond acceptors (Lipinski definition) is 2. The minimum atomic E-state index is 0.0798. The topological polar surface area (TPSA) is 32.3 Å². The molecular formula is C19H20BrClN2O. The summed E-state index contributed by atoms with van der Waals surface area (Å²) >= 11 is 9.63. The normalized spacial score (nSPS) is 16.1. The van der Waals surface area contributed by atoms with E-state index in [2.05, 4.69) is 32.2 Å². The molecule has 1 aliphatic heterocycles. The van der Waals surface area contributed by atoms with Crippen LogP contribution in [-0.2, 0) is 11.3 Å². The van der Waals surface area contributed by atoms with Crippen LogP contribution in [0.3, 0.4) is 0 Å². The number of nitrogens with one attached hydrogen (secondary N) is 1. The van der Waals surface area contributed by atoms with E-state index in [4.69, 9.17) is 11.6 Å². The predicted molar refractivity (Wildman–Crippen MR) is 102 cm³/mol. The molecule has 0 atom stereocenters. The van der Waals surface area contributed by atoms with Crippen LogP contribution in [0, 0.1) is 5.92 Å². The quantitative estimate of drug-likeness (QED) is 0.777. The number of piperidine rings is 1. The molecule has 1 amide bonds. The number of nitrogens with zero attached hydrogens (tertiary/aromatic N) is 1. The molecule has 0 spiro atoms. The van der Waals surface area contributed by atoms with E-state index >= 15 is 0 Å². The third-order valence-corrected chi connectivity index (χ3v) is 5.32. The van der Waals surface area contributed by atoms with Gasteiger partial charge in [0.05, 0.1) is 0 Å². The van der Waals surface area contributed by atoms with Gasteiger partial charge in [0.15, 0.2) is 0 Å². The van der Waals surface area contributed by atoms with Crippen LogP contribution in [0.25, 0.3) is 0 Å². The van der Waals surface area contributed by atoms with Crippen molar-refractivity contribution in [1.82, 2.24) is 4.90 Å². The molecule has 0 radical (unpaired) electrons. The smallest absolute Gasteiger partial charge is 0.227 e. The number of carbonyl (C=O) groups is 1. The summed E-state index contributed by atoms with van der Waals surface area (Å²) in [4.78, 5) is 14.8. The molecule has 0 saturated carbocycles. The minimum Gasteiger partial charge on any atom is -0.326 e. The number of carbonyl (C=O) groups excluding carboxylic acids is 1. The first kappa shape index (κ1) is 17.5. The molecule has 1 N–H and O–H groups in total. The molecule has 0 aromatic heterocycles. The van der Waals surface area contributed by atoms with E-state index in [0.29, 0.717) is 0 Å². The Morgan fingerprint density at radius 1 is 1.12 bits per heavy atom. The van der Waals surface area contributed by atoms with E-state index in [0.717, 1.165) is 53.2 Å². The molecular weight excluding hydrogens is 388 g/mol. The molecule has 2 aromatic carbocycles. The Labute approximate surface area is 156 Å². The lowest BCUT2D eigenvalue weighted by molar-refractivity contribution is -0.121. The third kappa shape index (κ3) is 4.59. The molecule has 0 unspecified atom stereocenters. The first-order valence-corrected chi connectivity index (χ1v) is 9.31. The van der Waals surface area contributed by atoms with Crippen molar-refractivity contribution in [3.05, 3.63) is 63.6 Å². The number of benzene rings is 2. The first-order chi connectivity index (χ1) is 11.6. The lowest BCUT2D eigenvalue weighted by Gasteiger charge is -2.31. The third-order valence-electron chi connectivity index (χ3n) is 4.42. The molecule has 5 heteroatoms. The highest BCUT2D eigenvalue weighted by Crippen LogP contribution is 2.23. The molecule has 3 nitrogen and oxygen atoms in total. The van der Waals surface area contributed by atoms with Crippen molar-refractivity contribution in [1.29, 1.82) is 0 Å². The van der Waals surface area contributed by atoms with Gasteiger partial charge in [0.2, 0.25) is 5.91 Å². The fraction of sp³-hybridized carbons (Fsp3) is 0.316. The zero-order valence-corrected chi connectivity index (χ0v) is 15.7. The molecule has 1 fully saturated rings. The largest absolute Gasteiger partial charge is 0.326 e. The van der Waals surface area contributed by atoms with E-state index in [-0.39, 0.29) is 11.8 Å². The summed E-state index contributed by atoms with van der Waals surface area (Å²) in [5, 5.41) is 3.83. The van der Waals surface area contributed by atoms with Crippen LogP contribution in [0.4, 0.5) is 5.69 Å². The molecule has 0 aliphatic carbocycles. The second-order valence-electron chi connectivity index (χ2n) is 6.14. The summed E-state index contributed by atoms with van der Waals surface area (Å²) in [6.07, 6.45) is 1.76. The molecule has 1 aliphatic rings. The van der Waals surface area contributed by atoms with Crippen LogP contribution < -0.4 is 5.32 Å². The molecule has 0 bridgehead atoms. The van der Waals surface area contributed by atoms with Gasteiger partial charge in [0.1, 0.15) is 0 Å². The molecule has 1 saturated heterocycles. The van der Waals surface area contributed by atoms with Crippen LogP contribution in [0.2, 0.25) is 5.02 Å². The van der Waals surface area contributed by atoms with Crippen molar-refractivity contribution in [3.8, 4) is 0 Å². The average molecular weight is 408 g/mol. The van der Waals surface area contributed by atoms with Gasteiger partial charge in [0.25, 0.3) is 0 Å². The highest BCUT2D eigenvalue weighted by molar-refractivity contribution is 9.10. The van der Waals surface area contributed by atoms with Gasteiger partial charge in [-0.05, 0) is 61.8 Å². The van der Waals surface area contributed by atoms with Crippen molar-refractivity contribution in [2.45, 2.75) is 19.4 Å². The number of likely N-dealkylation sites (tertiary alicyclic amines) is 1. The summed E-state index contributed by atoms with van der Waals surface area (Å²) in [5.41, 5.74) is 2.00. The molecule has 24 heavy (non-hydrogen) atoms. The zero-order valence-electron chi connectivity index (χ0n) is 13.3. The first-order valence-electron chi connectivity index (χ1n) is 8.14. The van der Waals surface area contributed by atoms with Gasteiger partial charge >= 0.3 is 0 Å². The van der Waals surface area contributed by atoms with E-state index < -0.39 is 0 Å². The van der Waals surface area contributed by atoms with E-state index in [1.807, 2.05) is 42.5 Å². The maximum atomic E-state index is 12.4. The fourth-order valence-electron chi connectivity index (χ4n) is 3.00. The van der Waals surface area contributed by atoms with E-state index in [1.54, 1.807) is 0 Å². The maximum Gasteiger partial charge on any atom is 0.227 e. The Morgan fingerprint density at radius 2 is 1.79 bits per heavy atom. The van der Waals surface area contributed by atoms with Gasteiger partial charge in [0, 0.05) is 27.6 Å². The summed E-state index contributed by atoms with van der Waals surface area (Å²) in [6.45, 7) is 2.69. The van der Waals surface area contributed by atoms with Gasteiger partial charge < -0.3 is 5.32 Å². The SMILES string of the molecule is O=C(Nc1ccc(Br)cc1)C1CCN(Cc2ccccc2Cl)CC1. The number of halogens is 2. The summed E-state index contributed by atoms with van der Waals surface area (Å²) in [6, 6.07) is 15.6. The second-order valence-corrected chi connectivity index (χ2v) is 7.46. The van der Waals surface area contributed by atoms with Crippen LogP contribution in [-0.4, -0.2) is 23.9 Å². The van der Waals surface area contributed by atoms with Gasteiger partial charge in [-0.2, -0.15) is 0 Å². The number of amides is 1. The number of hydrogen-bond donors (Lipinski definition) is 1. The highest BCUT2D eigenvalue weighted by Gasteiger charge is 2.25. The average Bonchev–Trinajstić information content (AvgIpc) is 2.59. The minimum absolute atomic E-state index is 0.0798. The van der Waals surface area contributed by atoms with E-state index in [1.165, 1.54) is 0 Å². The van der Waals surface area contributed by atoms with Gasteiger partial charge in [-0.3, -0.25) is 9.69 Å². The van der Waals surface area contributed by atoms with Crippen LogP contribution in [0.5, 0.6) is 0 Å². The van der Waals surface area contributed by atoms with Crippen LogP contribution >= 0.6 is 27.5 Å². The van der Waals surface area contributed by atoms with Crippen molar-refractivity contribution in [2.75, 3.05) is 18.4 Å². The number of anilines is 1. The Balaban J connectivity index is 1.50. The van der Waals surface area contributed by atoms with Crippen molar-refractivity contribution >= 4 is 39.1 Å². The van der Waals surface area contributed by atoms with Crippen LogP contribution in [0.1, 0.15) is 18.4 Å². The van der Waals surface area contributed by atoms with Gasteiger partial charge in [-0.1, -0.05) is 45.7 Å². The highest BCUT2D eigenvalue weighted by atomic mass is 79.9. The van der Waals surface area contributed by atoms with E-state index in [9.17, 15) is 4.79 Å². The summed E-state index contributed by atoms with van der Waals surface area (Å²) in [7, 11) is 0. The molecule has 1 heterocycles. The second kappa shape index (κ2) is 8.15. The Bertz CT molecular complexity index is 697. The fourth-order valence-corrected chi connectivity index (χ4v) is 3.46. The Kier molecular flexibility index (Phi) is 5.93. The zero-order chi connectivity index (χ0) is 16.9. The Hall–Kier alpha value is -1.36. The predicted octanol–water partition coefficient (Wildman–Crippen LogP) is 4.95. The van der Waals surface area contributed by atoms with Gasteiger partial charge in [-0.15, -0.1) is 0 Å². The van der Waals surface area contributed by atoms with Crippen LogP contribution in [0.15, 0.2) is 53.0 Å². The van der Waals surface area contributed by atoms with Crippen molar-refractivity contribution in [3.63, 3.8) is 0 Å². The summed E-state index contributed by atoms with van der Waals surface area (Å²) < 4.78 is 1.01. The standard InChI is InChI=1S/C19H20BrClN2O/c20-16-5-7-17(8-6-16)22-19(24)14-9-11-23(12-10-14)13-15-3-1-2-4-18(15)21/h1-8,14H,9-13H2,(H,22,24).